The number of aromatic nitrogens is 4. The molecule has 116 valence electrons. The third-order valence-corrected chi connectivity index (χ3v) is 3.24. The van der Waals surface area contributed by atoms with Crippen molar-refractivity contribution < 1.29 is 4.74 Å². The number of rotatable bonds is 5. The van der Waals surface area contributed by atoms with Gasteiger partial charge in [-0.15, -0.1) is 0 Å². The van der Waals surface area contributed by atoms with Crippen LogP contribution in [-0.2, 0) is 6.61 Å². The molecule has 1 aromatic heterocycles. The maximum Gasteiger partial charge on any atom is 0.263 e. The molecule has 2 N–H and O–H groups in total. The normalized spacial score (nSPS) is 11.0. The highest BCUT2D eigenvalue weighted by molar-refractivity contribution is 6.30. The topological polar surface area (TPSA) is 91.2 Å². The molecular formula is C15H13ClN6O. The van der Waals surface area contributed by atoms with Gasteiger partial charge < -0.3 is 10.5 Å². The molecule has 8 heteroatoms. The van der Waals surface area contributed by atoms with Crippen LogP contribution in [0.15, 0.2) is 53.6 Å². The quantitative estimate of drug-likeness (QED) is 0.726. The molecule has 7 nitrogen and oxygen atoms in total. The van der Waals surface area contributed by atoms with Gasteiger partial charge in [-0.1, -0.05) is 33.6 Å². The summed E-state index contributed by atoms with van der Waals surface area (Å²) >= 11 is 5.85. The van der Waals surface area contributed by atoms with Crippen molar-refractivity contribution in [3.8, 4) is 5.75 Å². The molecule has 0 atom stereocenters. The summed E-state index contributed by atoms with van der Waals surface area (Å²) in [6.07, 6.45) is 1.61. The molecular weight excluding hydrogens is 316 g/mol. The molecule has 0 spiro atoms. The predicted octanol–water partition coefficient (Wildman–Crippen LogP) is 2.37. The van der Waals surface area contributed by atoms with E-state index in [1.807, 2.05) is 48.5 Å². The molecule has 0 aliphatic rings. The van der Waals surface area contributed by atoms with Crippen LogP contribution in [0.3, 0.4) is 0 Å². The Kier molecular flexibility index (Phi) is 4.49. The zero-order valence-electron chi connectivity index (χ0n) is 12.0. The third-order valence-electron chi connectivity index (χ3n) is 2.99. The number of hydrogen-bond donors (Lipinski definition) is 1. The Labute approximate surface area is 137 Å². The summed E-state index contributed by atoms with van der Waals surface area (Å²) in [5, 5.41) is 15.3. The number of benzene rings is 2. The van der Waals surface area contributed by atoms with E-state index in [0.717, 1.165) is 21.7 Å². The molecule has 3 aromatic rings. The minimum absolute atomic E-state index is 0.129. The monoisotopic (exact) mass is 328 g/mol. The molecule has 0 saturated carbocycles. The second-order valence-corrected chi connectivity index (χ2v) is 5.09. The standard InChI is InChI=1S/C15H13ClN6O/c16-13-5-1-12(2-6-13)10-23-14-7-3-11(4-8-14)9-18-22-15(17)19-20-21-22/h1-9H,10H2,(H2,17,19,21). The highest BCUT2D eigenvalue weighted by atomic mass is 35.5. The van der Waals surface area contributed by atoms with E-state index in [9.17, 15) is 0 Å². The van der Waals surface area contributed by atoms with Gasteiger partial charge in [0.25, 0.3) is 5.95 Å². The first kappa shape index (κ1) is 15.0. The number of ether oxygens (including phenoxy) is 1. The van der Waals surface area contributed by atoms with Crippen LogP contribution in [0.1, 0.15) is 11.1 Å². The van der Waals surface area contributed by atoms with Crippen LogP contribution < -0.4 is 10.5 Å². The smallest absolute Gasteiger partial charge is 0.263 e. The molecule has 2 aromatic carbocycles. The molecule has 0 aliphatic carbocycles. The first-order valence-corrected chi connectivity index (χ1v) is 7.14. The number of tetrazole rings is 1. The molecule has 0 saturated heterocycles. The molecule has 1 heterocycles. The van der Waals surface area contributed by atoms with Crippen LogP contribution in [0.4, 0.5) is 5.95 Å². The van der Waals surface area contributed by atoms with Crippen molar-refractivity contribution in [1.82, 2.24) is 20.3 Å². The number of nitrogens with two attached hydrogens (primary N) is 1. The van der Waals surface area contributed by atoms with Crippen molar-refractivity contribution in [2.75, 3.05) is 5.73 Å². The number of nitrogens with zero attached hydrogens (tertiary/aromatic N) is 5. The fourth-order valence-corrected chi connectivity index (χ4v) is 1.92. The van der Waals surface area contributed by atoms with E-state index in [-0.39, 0.29) is 5.95 Å². The van der Waals surface area contributed by atoms with E-state index in [2.05, 4.69) is 20.6 Å². The van der Waals surface area contributed by atoms with Crippen LogP contribution in [0, 0.1) is 0 Å². The summed E-state index contributed by atoms with van der Waals surface area (Å²) in [4.78, 5) is 1.14. The molecule has 0 bridgehead atoms. The van der Waals surface area contributed by atoms with Crippen molar-refractivity contribution in [3.63, 3.8) is 0 Å². The Morgan fingerprint density at radius 2 is 1.87 bits per heavy atom. The van der Waals surface area contributed by atoms with E-state index in [1.165, 1.54) is 0 Å². The number of halogens is 1. The number of anilines is 1. The maximum absolute atomic E-state index is 5.85. The van der Waals surface area contributed by atoms with E-state index in [1.54, 1.807) is 6.21 Å². The minimum Gasteiger partial charge on any atom is -0.489 e. The van der Waals surface area contributed by atoms with Gasteiger partial charge in [0.2, 0.25) is 0 Å². The average Bonchev–Trinajstić information content (AvgIpc) is 2.98. The van der Waals surface area contributed by atoms with Gasteiger partial charge in [0.15, 0.2) is 0 Å². The summed E-state index contributed by atoms with van der Waals surface area (Å²) in [7, 11) is 0. The predicted molar refractivity (Wildman–Crippen MR) is 87.4 cm³/mol. The summed E-state index contributed by atoms with van der Waals surface area (Å²) < 4.78 is 5.71. The van der Waals surface area contributed by atoms with Crippen LogP contribution in [0.2, 0.25) is 5.02 Å². The van der Waals surface area contributed by atoms with E-state index in [0.29, 0.717) is 11.6 Å². The summed E-state index contributed by atoms with van der Waals surface area (Å²) in [5.74, 6) is 0.892. The van der Waals surface area contributed by atoms with Crippen molar-refractivity contribution in [3.05, 3.63) is 64.7 Å². The Bertz CT molecular complexity index is 798. The van der Waals surface area contributed by atoms with Crippen molar-refractivity contribution >= 4 is 23.8 Å². The third kappa shape index (κ3) is 4.04. The summed E-state index contributed by atoms with van der Waals surface area (Å²) in [5.41, 5.74) is 7.44. The molecule has 3 rings (SSSR count). The van der Waals surface area contributed by atoms with Crippen LogP contribution >= 0.6 is 11.6 Å². The second kappa shape index (κ2) is 6.89. The summed E-state index contributed by atoms with van der Waals surface area (Å²) in [6, 6.07) is 15.0. The van der Waals surface area contributed by atoms with Crippen LogP contribution in [0.5, 0.6) is 5.75 Å². The second-order valence-electron chi connectivity index (χ2n) is 4.66. The lowest BCUT2D eigenvalue weighted by Crippen LogP contribution is -1.99. The first-order valence-electron chi connectivity index (χ1n) is 6.76. The van der Waals surface area contributed by atoms with E-state index in [4.69, 9.17) is 22.1 Å². The highest BCUT2D eigenvalue weighted by Gasteiger charge is 1.99. The fraction of sp³-hybridized carbons (Fsp3) is 0.0667. The van der Waals surface area contributed by atoms with Crippen molar-refractivity contribution in [1.29, 1.82) is 0 Å². The molecule has 0 amide bonds. The van der Waals surface area contributed by atoms with Crippen molar-refractivity contribution in [2.24, 2.45) is 5.10 Å². The van der Waals surface area contributed by atoms with E-state index >= 15 is 0 Å². The largest absolute Gasteiger partial charge is 0.489 e. The lowest BCUT2D eigenvalue weighted by molar-refractivity contribution is 0.306. The molecule has 0 unspecified atom stereocenters. The lowest BCUT2D eigenvalue weighted by Gasteiger charge is -2.06. The van der Waals surface area contributed by atoms with Gasteiger partial charge in [-0.3, -0.25) is 0 Å². The van der Waals surface area contributed by atoms with Gasteiger partial charge in [-0.05, 0) is 58.0 Å². The minimum atomic E-state index is 0.129. The fourth-order valence-electron chi connectivity index (χ4n) is 1.79. The Hall–Kier alpha value is -2.93. The van der Waals surface area contributed by atoms with Gasteiger partial charge in [0.1, 0.15) is 12.4 Å². The van der Waals surface area contributed by atoms with Crippen molar-refractivity contribution in [2.45, 2.75) is 6.61 Å². The molecule has 23 heavy (non-hydrogen) atoms. The van der Waals surface area contributed by atoms with Gasteiger partial charge in [0, 0.05) is 5.02 Å². The number of nitrogen functional groups attached to an aromatic ring is 1. The Morgan fingerprint density at radius 1 is 1.13 bits per heavy atom. The molecule has 0 radical (unpaired) electrons. The average molecular weight is 329 g/mol. The summed E-state index contributed by atoms with van der Waals surface area (Å²) in [6.45, 7) is 0.478. The maximum atomic E-state index is 5.85. The van der Waals surface area contributed by atoms with Gasteiger partial charge in [-0.25, -0.2) is 0 Å². The Balaban J connectivity index is 1.59. The van der Waals surface area contributed by atoms with Crippen LogP contribution in [-0.4, -0.2) is 26.5 Å². The zero-order valence-corrected chi connectivity index (χ0v) is 12.8. The zero-order chi connectivity index (χ0) is 16.1. The number of hydrogen-bond acceptors (Lipinski definition) is 6. The highest BCUT2D eigenvalue weighted by Crippen LogP contribution is 2.15. The molecule has 0 aliphatic heterocycles. The Morgan fingerprint density at radius 3 is 2.52 bits per heavy atom. The van der Waals surface area contributed by atoms with Gasteiger partial charge in [0.05, 0.1) is 6.21 Å². The van der Waals surface area contributed by atoms with Gasteiger partial charge >= 0.3 is 0 Å². The van der Waals surface area contributed by atoms with E-state index < -0.39 is 0 Å². The van der Waals surface area contributed by atoms with Gasteiger partial charge in [-0.2, -0.15) is 5.10 Å². The SMILES string of the molecule is Nc1nnnn1N=Cc1ccc(OCc2ccc(Cl)cc2)cc1. The molecule has 0 fully saturated rings. The van der Waals surface area contributed by atoms with Crippen LogP contribution in [0.25, 0.3) is 0 Å². The lowest BCUT2D eigenvalue weighted by atomic mass is 10.2. The first-order chi connectivity index (χ1) is 11.2.